The molecule has 28 heavy (non-hydrogen) atoms. The Kier molecular flexibility index (Phi) is 4.97. The second-order valence-corrected chi connectivity index (χ2v) is 8.72. The largest absolute Gasteiger partial charge is 0.443 e. The predicted octanol–water partition coefficient (Wildman–Crippen LogP) is 4.05. The monoisotopic (exact) mass is 413 g/mol. The Morgan fingerprint density at radius 3 is 2.57 bits per heavy atom. The van der Waals surface area contributed by atoms with E-state index in [2.05, 4.69) is 4.72 Å². The fraction of sp³-hybridized carbons (Fsp3) is 0.0500. The van der Waals surface area contributed by atoms with Crippen LogP contribution < -0.4 is 9.45 Å². The van der Waals surface area contributed by atoms with Gasteiger partial charge in [-0.3, -0.25) is 9.93 Å². The van der Waals surface area contributed by atoms with Gasteiger partial charge in [-0.25, -0.2) is 0 Å². The Hall–Kier alpha value is -2.97. The molecule has 2 heterocycles. The molecule has 0 saturated carbocycles. The van der Waals surface area contributed by atoms with Crippen LogP contribution >= 0.6 is 11.8 Å². The number of fused-ring (bicyclic) bond motifs is 1. The first-order valence-electron chi connectivity index (χ1n) is 8.44. The molecule has 0 atom stereocenters. The van der Waals surface area contributed by atoms with Crippen molar-refractivity contribution in [1.29, 1.82) is 0 Å². The maximum atomic E-state index is 12.8. The summed E-state index contributed by atoms with van der Waals surface area (Å²) in [6, 6.07) is 19.9. The van der Waals surface area contributed by atoms with Crippen LogP contribution in [0.15, 0.2) is 93.5 Å². The standard InChI is InChI=1S/C20H16N2O4S2/c23-22-11-10-17(19(13-22)27-14-15-6-2-1-3-7-15)21-28(24,25)20-12-16-8-4-5-9-18(16)26-20/h1-13,23H,14H2/p+1. The van der Waals surface area contributed by atoms with Crippen molar-refractivity contribution in [1.82, 2.24) is 0 Å². The van der Waals surface area contributed by atoms with E-state index in [9.17, 15) is 13.6 Å². The van der Waals surface area contributed by atoms with E-state index in [0.29, 0.717) is 27.3 Å². The second kappa shape index (κ2) is 7.57. The maximum absolute atomic E-state index is 12.8. The van der Waals surface area contributed by atoms with E-state index in [-0.39, 0.29) is 5.09 Å². The number of nitrogens with zero attached hydrogens (tertiary/aromatic N) is 1. The van der Waals surface area contributed by atoms with Crippen molar-refractivity contribution in [2.45, 2.75) is 15.7 Å². The molecule has 8 heteroatoms. The first kappa shape index (κ1) is 18.4. The predicted molar refractivity (Wildman–Crippen MR) is 107 cm³/mol. The van der Waals surface area contributed by atoms with Gasteiger partial charge in [0.05, 0.1) is 5.69 Å². The van der Waals surface area contributed by atoms with E-state index in [1.165, 1.54) is 36.3 Å². The molecule has 142 valence electrons. The fourth-order valence-electron chi connectivity index (χ4n) is 2.69. The number of thioether (sulfide) groups is 1. The number of benzene rings is 2. The maximum Gasteiger partial charge on any atom is 0.295 e. The molecule has 0 radical (unpaired) electrons. The summed E-state index contributed by atoms with van der Waals surface area (Å²) < 4.78 is 34.5. The summed E-state index contributed by atoms with van der Waals surface area (Å²) in [5.41, 5.74) is 1.96. The van der Waals surface area contributed by atoms with Crippen LogP contribution in [-0.2, 0) is 15.8 Å². The molecule has 2 aromatic carbocycles. The molecule has 0 saturated heterocycles. The number of sulfonamides is 1. The van der Waals surface area contributed by atoms with Gasteiger partial charge in [0.1, 0.15) is 10.5 Å². The zero-order valence-corrected chi connectivity index (χ0v) is 16.3. The van der Waals surface area contributed by atoms with E-state index in [1.807, 2.05) is 36.4 Å². The molecule has 0 aliphatic carbocycles. The van der Waals surface area contributed by atoms with Gasteiger partial charge in [0, 0.05) is 28.0 Å². The van der Waals surface area contributed by atoms with Crippen LogP contribution in [0, 0.1) is 0 Å². The van der Waals surface area contributed by atoms with Crippen LogP contribution in [0.4, 0.5) is 5.69 Å². The fourth-order valence-corrected chi connectivity index (χ4v) is 4.77. The lowest BCUT2D eigenvalue weighted by atomic mass is 10.2. The molecule has 0 spiro atoms. The normalized spacial score (nSPS) is 11.6. The molecule has 0 aliphatic heterocycles. The quantitative estimate of drug-likeness (QED) is 0.283. The Bertz CT molecular complexity index is 1190. The number of hydrogen-bond donors (Lipinski definition) is 2. The zero-order chi connectivity index (χ0) is 19.6. The molecule has 4 aromatic rings. The molecule has 6 nitrogen and oxygen atoms in total. The minimum atomic E-state index is -3.91. The van der Waals surface area contributed by atoms with Gasteiger partial charge < -0.3 is 4.42 Å². The third-order valence-corrected chi connectivity index (χ3v) is 6.39. The number of para-hydroxylation sites is 1. The summed E-state index contributed by atoms with van der Waals surface area (Å²) in [6.07, 6.45) is 2.83. The van der Waals surface area contributed by atoms with Gasteiger partial charge in [-0.05, 0) is 11.6 Å². The third kappa shape index (κ3) is 3.97. The SMILES string of the molecule is O=S(=O)(Nc1cc[n+](O)cc1SCc1ccccc1)c1cc2ccccc2o1. The van der Waals surface area contributed by atoms with Crippen LogP contribution in [0.2, 0.25) is 0 Å². The lowest BCUT2D eigenvalue weighted by Gasteiger charge is -2.09. The van der Waals surface area contributed by atoms with Gasteiger partial charge in [-0.15, -0.1) is 11.8 Å². The Morgan fingerprint density at radius 1 is 1.04 bits per heavy atom. The number of hydrogen-bond acceptors (Lipinski definition) is 5. The van der Waals surface area contributed by atoms with E-state index >= 15 is 0 Å². The highest BCUT2D eigenvalue weighted by atomic mass is 32.2. The van der Waals surface area contributed by atoms with Gasteiger partial charge >= 0.3 is 0 Å². The number of rotatable bonds is 6. The number of anilines is 1. The van der Waals surface area contributed by atoms with Crippen LogP contribution in [0.3, 0.4) is 0 Å². The summed E-state index contributed by atoms with van der Waals surface area (Å²) in [5, 5.41) is 10.3. The van der Waals surface area contributed by atoms with Crippen molar-refractivity contribution in [3.05, 3.63) is 84.7 Å². The average Bonchev–Trinajstić information content (AvgIpc) is 3.14. The molecule has 4 rings (SSSR count). The summed E-state index contributed by atoms with van der Waals surface area (Å²) >= 11 is 1.42. The van der Waals surface area contributed by atoms with E-state index in [1.54, 1.807) is 18.2 Å². The molecular weight excluding hydrogens is 396 g/mol. The average molecular weight is 414 g/mol. The molecule has 0 unspecified atom stereocenters. The van der Waals surface area contributed by atoms with Crippen LogP contribution in [0.25, 0.3) is 11.0 Å². The summed E-state index contributed by atoms with van der Waals surface area (Å²) in [5.74, 6) is 0.629. The summed E-state index contributed by atoms with van der Waals surface area (Å²) in [7, 11) is -3.91. The van der Waals surface area contributed by atoms with Crippen molar-refractivity contribution in [2.75, 3.05) is 4.72 Å². The van der Waals surface area contributed by atoms with Crippen molar-refractivity contribution >= 4 is 38.4 Å². The molecule has 0 bridgehead atoms. The Labute approximate surface area is 166 Å². The number of aromatic nitrogens is 1. The lowest BCUT2D eigenvalue weighted by Crippen LogP contribution is -2.29. The molecule has 0 amide bonds. The molecule has 0 fully saturated rings. The summed E-state index contributed by atoms with van der Waals surface area (Å²) in [4.78, 5) is 0.591. The van der Waals surface area contributed by atoms with Crippen LogP contribution in [-0.4, -0.2) is 13.6 Å². The third-order valence-electron chi connectivity index (χ3n) is 4.06. The number of pyridine rings is 1. The van der Waals surface area contributed by atoms with Crippen LogP contribution in [0.5, 0.6) is 0 Å². The van der Waals surface area contributed by atoms with Gasteiger partial charge in [0.25, 0.3) is 10.0 Å². The smallest absolute Gasteiger partial charge is 0.295 e. The molecular formula is C20H17N2O4S2+. The Morgan fingerprint density at radius 2 is 1.79 bits per heavy atom. The van der Waals surface area contributed by atoms with Crippen molar-refractivity contribution in [3.63, 3.8) is 0 Å². The minimum absolute atomic E-state index is 0.159. The van der Waals surface area contributed by atoms with Crippen molar-refractivity contribution in [3.8, 4) is 0 Å². The topological polar surface area (TPSA) is 83.4 Å². The number of nitrogens with one attached hydrogen (secondary N) is 1. The molecule has 2 aromatic heterocycles. The molecule has 0 aliphatic rings. The lowest BCUT2D eigenvalue weighted by molar-refractivity contribution is -0.906. The Balaban J connectivity index is 1.61. The zero-order valence-electron chi connectivity index (χ0n) is 14.6. The second-order valence-electron chi connectivity index (χ2n) is 6.09. The van der Waals surface area contributed by atoms with Gasteiger partial charge in [0.2, 0.25) is 17.5 Å². The highest BCUT2D eigenvalue weighted by Crippen LogP contribution is 2.31. The minimum Gasteiger partial charge on any atom is -0.443 e. The van der Waals surface area contributed by atoms with E-state index in [4.69, 9.17) is 4.42 Å². The van der Waals surface area contributed by atoms with Gasteiger partial charge in [0.15, 0.2) is 0 Å². The van der Waals surface area contributed by atoms with Gasteiger partial charge in [-0.2, -0.15) is 8.42 Å². The van der Waals surface area contributed by atoms with Gasteiger partial charge in [-0.1, -0.05) is 48.5 Å². The number of furan rings is 1. The van der Waals surface area contributed by atoms with E-state index in [0.717, 1.165) is 10.3 Å². The first-order valence-corrected chi connectivity index (χ1v) is 10.9. The van der Waals surface area contributed by atoms with Crippen LogP contribution in [0.1, 0.15) is 5.56 Å². The molecule has 2 N–H and O–H groups in total. The van der Waals surface area contributed by atoms with Crippen molar-refractivity contribution in [2.24, 2.45) is 0 Å². The highest BCUT2D eigenvalue weighted by molar-refractivity contribution is 7.98. The summed E-state index contributed by atoms with van der Waals surface area (Å²) in [6.45, 7) is 0. The van der Waals surface area contributed by atoms with E-state index < -0.39 is 10.0 Å². The first-order chi connectivity index (χ1) is 13.5. The highest BCUT2D eigenvalue weighted by Gasteiger charge is 2.22. The van der Waals surface area contributed by atoms with Crippen molar-refractivity contribution < 1.29 is 22.8 Å².